The first-order chi connectivity index (χ1) is 13.2. The van der Waals surface area contributed by atoms with Crippen LogP contribution < -0.4 is 10.9 Å². The van der Waals surface area contributed by atoms with Gasteiger partial charge in [0.1, 0.15) is 12.1 Å². The molecular formula is C21H20N4O2. The van der Waals surface area contributed by atoms with E-state index in [0.29, 0.717) is 17.7 Å². The van der Waals surface area contributed by atoms with Gasteiger partial charge in [-0.25, -0.2) is 4.98 Å². The van der Waals surface area contributed by atoms with E-state index in [4.69, 9.17) is 0 Å². The van der Waals surface area contributed by atoms with Crippen LogP contribution in [0.5, 0.6) is 0 Å². The van der Waals surface area contributed by atoms with Gasteiger partial charge < -0.3 is 9.72 Å². The Kier molecular flexibility index (Phi) is 4.70. The van der Waals surface area contributed by atoms with E-state index in [2.05, 4.69) is 22.4 Å². The van der Waals surface area contributed by atoms with Gasteiger partial charge in [0.2, 0.25) is 5.91 Å². The number of aromatic nitrogens is 3. The normalized spacial score (nSPS) is 11.1. The Labute approximate surface area is 156 Å². The minimum Gasteiger partial charge on any atom is -0.355 e. The van der Waals surface area contributed by atoms with Crippen molar-refractivity contribution in [2.24, 2.45) is 0 Å². The Morgan fingerprint density at radius 1 is 1.00 bits per heavy atom. The molecule has 0 fully saturated rings. The molecule has 6 nitrogen and oxygen atoms in total. The number of pyridine rings is 1. The van der Waals surface area contributed by atoms with Crippen LogP contribution in [-0.2, 0) is 17.8 Å². The molecule has 1 N–H and O–H groups in total. The summed E-state index contributed by atoms with van der Waals surface area (Å²) < 4.78 is 3.25. The molecule has 0 saturated carbocycles. The molecule has 0 saturated heterocycles. The number of amides is 1. The number of fused-ring (bicyclic) bond motifs is 3. The lowest BCUT2D eigenvalue weighted by Gasteiger charge is -2.12. The number of hydrogen-bond donors (Lipinski definition) is 1. The quantitative estimate of drug-likeness (QED) is 0.537. The van der Waals surface area contributed by atoms with Crippen LogP contribution in [0.1, 0.15) is 12.0 Å². The van der Waals surface area contributed by atoms with Crippen LogP contribution >= 0.6 is 0 Å². The number of nitrogens with zero attached hydrogens (tertiary/aromatic N) is 3. The van der Waals surface area contributed by atoms with Crippen molar-refractivity contribution in [1.29, 1.82) is 0 Å². The number of nitrogens with one attached hydrogen (secondary N) is 1. The average Bonchev–Trinajstić information content (AvgIpc) is 3.20. The van der Waals surface area contributed by atoms with E-state index in [1.165, 1.54) is 10.1 Å². The summed E-state index contributed by atoms with van der Waals surface area (Å²) in [5, 5.41) is 2.90. The van der Waals surface area contributed by atoms with E-state index in [-0.39, 0.29) is 18.0 Å². The van der Waals surface area contributed by atoms with Crippen LogP contribution in [0.4, 0.5) is 0 Å². The molecule has 1 amide bonds. The van der Waals surface area contributed by atoms with E-state index in [0.717, 1.165) is 18.4 Å². The summed E-state index contributed by atoms with van der Waals surface area (Å²) in [6, 6.07) is 17.4. The number of hydrogen-bond acceptors (Lipinski definition) is 3. The standard InChI is InChI=1S/C21H20N4O2/c26-19(22-12-4-9-16-7-2-1-3-8-16)15-25-20-17(10-5-13-23-20)24-14-6-11-18(24)21(25)27/h1-3,5-8,10-11,13-14H,4,9,12,15H2,(H,22,26). The third-order valence-corrected chi connectivity index (χ3v) is 4.60. The largest absolute Gasteiger partial charge is 0.355 e. The Morgan fingerprint density at radius 3 is 2.67 bits per heavy atom. The van der Waals surface area contributed by atoms with Gasteiger partial charge in [0.25, 0.3) is 5.56 Å². The highest BCUT2D eigenvalue weighted by molar-refractivity contribution is 5.80. The molecule has 4 aromatic rings. The maximum Gasteiger partial charge on any atom is 0.276 e. The molecule has 27 heavy (non-hydrogen) atoms. The zero-order valence-electron chi connectivity index (χ0n) is 14.8. The molecule has 0 aliphatic heterocycles. The fourth-order valence-electron chi connectivity index (χ4n) is 3.30. The van der Waals surface area contributed by atoms with Gasteiger partial charge in [-0.2, -0.15) is 0 Å². The fourth-order valence-corrected chi connectivity index (χ4v) is 3.30. The van der Waals surface area contributed by atoms with Crippen LogP contribution in [0.15, 0.2) is 71.8 Å². The van der Waals surface area contributed by atoms with Crippen LogP contribution in [-0.4, -0.2) is 26.4 Å². The van der Waals surface area contributed by atoms with Crippen molar-refractivity contribution in [3.8, 4) is 0 Å². The van der Waals surface area contributed by atoms with Crippen molar-refractivity contribution in [2.75, 3.05) is 6.54 Å². The van der Waals surface area contributed by atoms with Gasteiger partial charge >= 0.3 is 0 Å². The first-order valence-corrected chi connectivity index (χ1v) is 8.99. The van der Waals surface area contributed by atoms with E-state index < -0.39 is 0 Å². The molecule has 0 radical (unpaired) electrons. The van der Waals surface area contributed by atoms with Crippen LogP contribution in [0.25, 0.3) is 16.7 Å². The summed E-state index contributed by atoms with van der Waals surface area (Å²) in [6.45, 7) is 0.528. The predicted molar refractivity (Wildman–Crippen MR) is 105 cm³/mol. The zero-order chi connectivity index (χ0) is 18.6. The first kappa shape index (κ1) is 17.0. The van der Waals surface area contributed by atoms with Crippen molar-refractivity contribution in [3.63, 3.8) is 0 Å². The Balaban J connectivity index is 1.48. The summed E-state index contributed by atoms with van der Waals surface area (Å²) in [7, 11) is 0. The summed E-state index contributed by atoms with van der Waals surface area (Å²) >= 11 is 0. The summed E-state index contributed by atoms with van der Waals surface area (Å²) in [5.74, 6) is -0.187. The third-order valence-electron chi connectivity index (χ3n) is 4.60. The second kappa shape index (κ2) is 7.45. The van der Waals surface area contributed by atoms with Gasteiger partial charge in [0, 0.05) is 18.9 Å². The Bertz CT molecular complexity index is 1150. The van der Waals surface area contributed by atoms with Crippen LogP contribution in [0, 0.1) is 0 Å². The SMILES string of the molecule is O=C(Cn1c(=O)c2cccn2c2cccnc21)NCCCc1ccccc1. The van der Waals surface area contributed by atoms with Gasteiger partial charge in [-0.15, -0.1) is 0 Å². The summed E-state index contributed by atoms with van der Waals surface area (Å²) in [5.41, 5.74) is 2.87. The average molecular weight is 360 g/mol. The highest BCUT2D eigenvalue weighted by atomic mass is 16.2. The molecule has 3 heterocycles. The molecular weight excluding hydrogens is 340 g/mol. The van der Waals surface area contributed by atoms with Gasteiger partial charge in [-0.3, -0.25) is 14.2 Å². The molecule has 1 aromatic carbocycles. The molecule has 6 heteroatoms. The van der Waals surface area contributed by atoms with Gasteiger partial charge in [0.05, 0.1) is 5.52 Å². The van der Waals surface area contributed by atoms with Crippen molar-refractivity contribution < 1.29 is 4.79 Å². The number of carbonyl (C=O) groups is 1. The number of rotatable bonds is 6. The molecule has 4 rings (SSSR count). The highest BCUT2D eigenvalue weighted by Gasteiger charge is 2.13. The number of carbonyl (C=O) groups excluding carboxylic acids is 1. The Morgan fingerprint density at radius 2 is 1.81 bits per heavy atom. The molecule has 0 aliphatic carbocycles. The molecule has 3 aromatic heterocycles. The molecule has 0 atom stereocenters. The first-order valence-electron chi connectivity index (χ1n) is 8.99. The Hall–Kier alpha value is -3.41. The van der Waals surface area contributed by atoms with Crippen LogP contribution in [0.2, 0.25) is 0 Å². The van der Waals surface area contributed by atoms with Crippen LogP contribution in [0.3, 0.4) is 0 Å². The third kappa shape index (κ3) is 3.46. The number of benzene rings is 1. The topological polar surface area (TPSA) is 68.4 Å². The summed E-state index contributed by atoms with van der Waals surface area (Å²) in [6.07, 6.45) is 5.21. The van der Waals surface area contributed by atoms with E-state index in [1.807, 2.05) is 42.6 Å². The van der Waals surface area contributed by atoms with Gasteiger partial charge in [-0.1, -0.05) is 30.3 Å². The fraction of sp³-hybridized carbons (Fsp3) is 0.190. The molecule has 136 valence electrons. The van der Waals surface area contributed by atoms with Crippen molar-refractivity contribution >= 4 is 22.6 Å². The van der Waals surface area contributed by atoms with Gasteiger partial charge in [0.15, 0.2) is 5.65 Å². The lowest BCUT2D eigenvalue weighted by atomic mass is 10.1. The molecule has 0 bridgehead atoms. The minimum absolute atomic E-state index is 0.0423. The lowest BCUT2D eigenvalue weighted by Crippen LogP contribution is -2.34. The summed E-state index contributed by atoms with van der Waals surface area (Å²) in [4.78, 5) is 29.5. The maximum absolute atomic E-state index is 12.8. The monoisotopic (exact) mass is 360 g/mol. The van der Waals surface area contributed by atoms with E-state index >= 15 is 0 Å². The highest BCUT2D eigenvalue weighted by Crippen LogP contribution is 2.12. The minimum atomic E-state index is -0.217. The van der Waals surface area contributed by atoms with Crippen molar-refractivity contribution in [3.05, 3.63) is 82.9 Å². The van der Waals surface area contributed by atoms with E-state index in [1.54, 1.807) is 16.7 Å². The second-order valence-electron chi connectivity index (χ2n) is 6.44. The number of aryl methyl sites for hydroxylation is 1. The molecule has 0 unspecified atom stereocenters. The zero-order valence-corrected chi connectivity index (χ0v) is 14.8. The van der Waals surface area contributed by atoms with Gasteiger partial charge in [-0.05, 0) is 42.7 Å². The van der Waals surface area contributed by atoms with Crippen molar-refractivity contribution in [1.82, 2.24) is 19.3 Å². The smallest absolute Gasteiger partial charge is 0.276 e. The van der Waals surface area contributed by atoms with E-state index in [9.17, 15) is 9.59 Å². The molecule has 0 aliphatic rings. The lowest BCUT2D eigenvalue weighted by molar-refractivity contribution is -0.121. The second-order valence-corrected chi connectivity index (χ2v) is 6.44. The predicted octanol–water partition coefficient (Wildman–Crippen LogP) is 2.40. The van der Waals surface area contributed by atoms with Crippen molar-refractivity contribution in [2.45, 2.75) is 19.4 Å². The molecule has 0 spiro atoms. The maximum atomic E-state index is 12.8.